The highest BCUT2D eigenvalue weighted by atomic mass is 32.1. The molecule has 0 atom stereocenters. The fourth-order valence-corrected chi connectivity index (χ4v) is 1.98. The van der Waals surface area contributed by atoms with Gasteiger partial charge >= 0.3 is 0 Å². The Labute approximate surface area is 87.1 Å². The van der Waals surface area contributed by atoms with Crippen LogP contribution in [0.1, 0.15) is 17.3 Å². The van der Waals surface area contributed by atoms with E-state index in [1.54, 1.807) is 0 Å². The van der Waals surface area contributed by atoms with Crippen molar-refractivity contribution in [3.8, 4) is 0 Å². The van der Waals surface area contributed by atoms with Gasteiger partial charge in [0.25, 0.3) is 5.91 Å². The summed E-state index contributed by atoms with van der Waals surface area (Å²) in [6, 6.07) is 1.83. The van der Waals surface area contributed by atoms with E-state index in [0.29, 0.717) is 6.54 Å². The van der Waals surface area contributed by atoms with Crippen molar-refractivity contribution in [1.29, 1.82) is 0 Å². The van der Waals surface area contributed by atoms with Crippen molar-refractivity contribution in [2.24, 2.45) is 5.41 Å². The van der Waals surface area contributed by atoms with Gasteiger partial charge in [-0.25, -0.2) is 0 Å². The van der Waals surface area contributed by atoms with Gasteiger partial charge in [0.05, 0.1) is 13.2 Å². The topological polar surface area (TPSA) is 38.3 Å². The Kier molecular flexibility index (Phi) is 2.56. The van der Waals surface area contributed by atoms with Gasteiger partial charge in [-0.15, -0.1) is 0 Å². The minimum Gasteiger partial charge on any atom is -0.380 e. The van der Waals surface area contributed by atoms with E-state index < -0.39 is 0 Å². The van der Waals surface area contributed by atoms with Gasteiger partial charge < -0.3 is 10.1 Å². The van der Waals surface area contributed by atoms with E-state index in [2.05, 4.69) is 12.2 Å². The van der Waals surface area contributed by atoms with Gasteiger partial charge in [0.15, 0.2) is 0 Å². The largest absolute Gasteiger partial charge is 0.380 e. The average Bonchev–Trinajstić information content (AvgIpc) is 2.63. The first kappa shape index (κ1) is 9.68. The van der Waals surface area contributed by atoms with Crippen LogP contribution in [0.15, 0.2) is 16.8 Å². The summed E-state index contributed by atoms with van der Waals surface area (Å²) in [5, 5.41) is 6.68. The predicted molar refractivity (Wildman–Crippen MR) is 55.6 cm³/mol. The van der Waals surface area contributed by atoms with Gasteiger partial charge in [-0.3, -0.25) is 4.79 Å². The van der Waals surface area contributed by atoms with E-state index in [1.807, 2.05) is 16.8 Å². The van der Waals surface area contributed by atoms with Crippen molar-refractivity contribution in [3.05, 3.63) is 22.4 Å². The summed E-state index contributed by atoms with van der Waals surface area (Å²) >= 11 is 1.54. The van der Waals surface area contributed by atoms with Crippen molar-refractivity contribution in [2.75, 3.05) is 19.8 Å². The lowest BCUT2D eigenvalue weighted by molar-refractivity contribution is -0.0978. The molecule has 3 nitrogen and oxygen atoms in total. The fraction of sp³-hybridized carbons (Fsp3) is 0.500. The van der Waals surface area contributed by atoms with Crippen molar-refractivity contribution < 1.29 is 9.53 Å². The Bertz CT molecular complexity index is 317. The number of carbonyl (C=O) groups excluding carboxylic acids is 1. The van der Waals surface area contributed by atoms with E-state index in [9.17, 15) is 4.79 Å². The smallest absolute Gasteiger partial charge is 0.252 e. The van der Waals surface area contributed by atoms with Gasteiger partial charge in [0.2, 0.25) is 0 Å². The molecule has 4 heteroatoms. The molecule has 1 aromatic heterocycles. The Balaban J connectivity index is 1.84. The molecule has 0 bridgehead atoms. The second-order valence-electron chi connectivity index (χ2n) is 4.00. The lowest BCUT2D eigenvalue weighted by atomic mass is 9.89. The Morgan fingerprint density at radius 2 is 2.50 bits per heavy atom. The summed E-state index contributed by atoms with van der Waals surface area (Å²) in [6.45, 7) is 4.31. The van der Waals surface area contributed by atoms with E-state index in [4.69, 9.17) is 4.74 Å². The molecule has 1 aliphatic heterocycles. The van der Waals surface area contributed by atoms with Crippen molar-refractivity contribution >= 4 is 17.2 Å². The van der Waals surface area contributed by atoms with E-state index in [0.717, 1.165) is 18.8 Å². The third-order valence-electron chi connectivity index (χ3n) is 2.36. The lowest BCUT2D eigenvalue weighted by Gasteiger charge is -2.37. The van der Waals surface area contributed by atoms with Crippen LogP contribution in [0.2, 0.25) is 0 Å². The minimum atomic E-state index is 0.0133. The average molecular weight is 211 g/mol. The second-order valence-corrected chi connectivity index (χ2v) is 4.78. The van der Waals surface area contributed by atoms with Crippen LogP contribution in [-0.4, -0.2) is 25.7 Å². The first-order valence-electron chi connectivity index (χ1n) is 4.58. The number of nitrogens with one attached hydrogen (secondary N) is 1. The van der Waals surface area contributed by atoms with E-state index in [-0.39, 0.29) is 11.3 Å². The van der Waals surface area contributed by atoms with Crippen LogP contribution in [0.4, 0.5) is 0 Å². The highest BCUT2D eigenvalue weighted by Gasteiger charge is 2.33. The van der Waals surface area contributed by atoms with E-state index >= 15 is 0 Å². The number of amides is 1. The Morgan fingerprint density at radius 3 is 3.00 bits per heavy atom. The molecule has 2 rings (SSSR count). The summed E-state index contributed by atoms with van der Waals surface area (Å²) in [4.78, 5) is 11.5. The molecule has 0 saturated carbocycles. The molecule has 1 fully saturated rings. The lowest BCUT2D eigenvalue weighted by Crippen LogP contribution is -2.48. The standard InChI is InChI=1S/C10H13NO2S/c1-10(6-13-7-10)5-11-9(12)8-2-3-14-4-8/h2-4H,5-7H2,1H3,(H,11,12). The molecule has 0 unspecified atom stereocenters. The number of hydrogen-bond donors (Lipinski definition) is 1. The van der Waals surface area contributed by atoms with Crippen LogP contribution >= 0.6 is 11.3 Å². The summed E-state index contributed by atoms with van der Waals surface area (Å²) in [7, 11) is 0. The molecule has 1 aromatic rings. The van der Waals surface area contributed by atoms with E-state index in [1.165, 1.54) is 11.3 Å². The molecule has 0 spiro atoms. The molecule has 1 N–H and O–H groups in total. The van der Waals surface area contributed by atoms with Gasteiger partial charge in [-0.05, 0) is 11.4 Å². The van der Waals surface area contributed by atoms with Gasteiger partial charge in [-0.1, -0.05) is 6.92 Å². The minimum absolute atomic E-state index is 0.0133. The predicted octanol–water partition coefficient (Wildman–Crippen LogP) is 1.51. The third-order valence-corrected chi connectivity index (χ3v) is 3.04. The van der Waals surface area contributed by atoms with Crippen LogP contribution in [-0.2, 0) is 4.74 Å². The number of rotatable bonds is 3. The summed E-state index contributed by atoms with van der Waals surface area (Å²) in [5.74, 6) is 0.0133. The van der Waals surface area contributed by atoms with Gasteiger partial charge in [-0.2, -0.15) is 11.3 Å². The maximum absolute atomic E-state index is 11.5. The maximum Gasteiger partial charge on any atom is 0.252 e. The molecule has 1 aliphatic rings. The molecule has 1 saturated heterocycles. The first-order chi connectivity index (χ1) is 6.70. The first-order valence-corrected chi connectivity index (χ1v) is 5.52. The molecule has 76 valence electrons. The molecule has 2 heterocycles. The van der Waals surface area contributed by atoms with Crippen LogP contribution in [0.25, 0.3) is 0 Å². The number of ether oxygens (including phenoxy) is 1. The zero-order chi connectivity index (χ0) is 10.0. The maximum atomic E-state index is 11.5. The number of hydrogen-bond acceptors (Lipinski definition) is 3. The molecular weight excluding hydrogens is 198 g/mol. The quantitative estimate of drug-likeness (QED) is 0.823. The zero-order valence-electron chi connectivity index (χ0n) is 8.08. The third kappa shape index (κ3) is 1.96. The highest BCUT2D eigenvalue weighted by Crippen LogP contribution is 2.25. The molecule has 0 aliphatic carbocycles. The van der Waals surface area contributed by atoms with Crippen molar-refractivity contribution in [3.63, 3.8) is 0 Å². The number of carbonyl (C=O) groups is 1. The summed E-state index contributed by atoms with van der Waals surface area (Å²) in [6.07, 6.45) is 0. The van der Waals surface area contributed by atoms with Gasteiger partial charge in [0, 0.05) is 22.9 Å². The normalized spacial score (nSPS) is 18.6. The molecular formula is C10H13NO2S. The Hall–Kier alpha value is -0.870. The van der Waals surface area contributed by atoms with Gasteiger partial charge in [0.1, 0.15) is 0 Å². The van der Waals surface area contributed by atoms with Crippen LogP contribution in [0.3, 0.4) is 0 Å². The zero-order valence-corrected chi connectivity index (χ0v) is 8.89. The second kappa shape index (κ2) is 3.71. The monoisotopic (exact) mass is 211 g/mol. The van der Waals surface area contributed by atoms with Crippen molar-refractivity contribution in [2.45, 2.75) is 6.92 Å². The molecule has 14 heavy (non-hydrogen) atoms. The Morgan fingerprint density at radius 1 is 1.71 bits per heavy atom. The SMILES string of the molecule is CC1(CNC(=O)c2ccsc2)COC1. The molecule has 0 radical (unpaired) electrons. The fourth-order valence-electron chi connectivity index (χ4n) is 1.34. The molecule has 0 aromatic carbocycles. The molecule has 1 amide bonds. The van der Waals surface area contributed by atoms with Crippen LogP contribution in [0, 0.1) is 5.41 Å². The van der Waals surface area contributed by atoms with Crippen LogP contribution < -0.4 is 5.32 Å². The van der Waals surface area contributed by atoms with Crippen LogP contribution in [0.5, 0.6) is 0 Å². The summed E-state index contributed by atoms with van der Waals surface area (Å²) in [5.41, 5.74) is 0.893. The number of thiophene rings is 1. The van der Waals surface area contributed by atoms with Crippen molar-refractivity contribution in [1.82, 2.24) is 5.32 Å². The highest BCUT2D eigenvalue weighted by molar-refractivity contribution is 7.08. The summed E-state index contributed by atoms with van der Waals surface area (Å²) < 4.78 is 5.11.